The molecule has 4 nitrogen and oxygen atoms in total. The molecule has 0 spiro atoms. The number of benzene rings is 1. The van der Waals surface area contributed by atoms with E-state index < -0.39 is 0 Å². The van der Waals surface area contributed by atoms with Gasteiger partial charge in [-0.05, 0) is 186 Å². The summed E-state index contributed by atoms with van der Waals surface area (Å²) in [4.78, 5) is 4.00. The molecule has 0 atom stereocenters. The summed E-state index contributed by atoms with van der Waals surface area (Å²) in [7, 11) is 0. The van der Waals surface area contributed by atoms with Crippen LogP contribution < -0.4 is 18.9 Å². The first-order valence-corrected chi connectivity index (χ1v) is 35.1. The van der Waals surface area contributed by atoms with Crippen LogP contribution in [0.5, 0.6) is 20.3 Å². The third-order valence-corrected chi connectivity index (χ3v) is 18.5. The lowest BCUT2D eigenvalue weighted by molar-refractivity contribution is 0.565. The van der Waals surface area contributed by atoms with E-state index in [2.05, 4.69) is 115 Å². The lowest BCUT2D eigenvalue weighted by Gasteiger charge is -2.08. The van der Waals surface area contributed by atoms with Gasteiger partial charge in [-0.3, -0.25) is 0 Å². The van der Waals surface area contributed by atoms with Gasteiger partial charge in [-0.2, -0.15) is 0 Å². The Morgan fingerprint density at radius 1 is 0.293 bits per heavy atom. The first-order chi connectivity index (χ1) is 39.6. The monoisotopic (exact) mass is 1250 g/mol. The van der Waals surface area contributed by atoms with E-state index in [4.69, 9.17) is 67.8 Å². The summed E-state index contributed by atoms with van der Waals surface area (Å²) in [6, 6.07) is 4.26. The van der Waals surface area contributed by atoms with Crippen LogP contribution in [-0.2, 0) is 51.4 Å². The lowest BCUT2D eigenvalue weighted by Crippen LogP contribution is -2.01. The van der Waals surface area contributed by atoms with Crippen molar-refractivity contribution in [2.24, 2.45) is 0 Å². The summed E-state index contributed by atoms with van der Waals surface area (Å²) >= 11 is 28.6. The second kappa shape index (κ2) is 36.6. The molecule has 0 amide bonds. The predicted octanol–water partition coefficient (Wildman–Crippen LogP) is 21.2. The second-order valence-corrected chi connectivity index (χ2v) is 27.1. The first-order valence-electron chi connectivity index (χ1n) is 30.2. The average Bonchev–Trinajstić information content (AvgIpc) is 4.24. The van der Waals surface area contributed by atoms with Crippen molar-refractivity contribution in [3.8, 4) is 67.6 Å². The van der Waals surface area contributed by atoms with Crippen LogP contribution in [-0.4, -0.2) is 20.2 Å². The molecule has 0 N–H and O–H groups in total. The van der Waals surface area contributed by atoms with Gasteiger partial charge in [-0.25, -0.2) is 0 Å². The van der Waals surface area contributed by atoms with Gasteiger partial charge in [0.15, 0.2) is 40.5 Å². The molecular formula is C70H86O4S8. The van der Waals surface area contributed by atoms with Crippen LogP contribution in [0, 0.1) is 47.4 Å². The van der Waals surface area contributed by atoms with Crippen molar-refractivity contribution in [1.29, 1.82) is 0 Å². The fraction of sp³-hybridized carbons (Fsp3) is 0.514. The molecule has 0 aliphatic heterocycles. The minimum absolute atomic E-state index is 0.504. The molecule has 5 aromatic rings. The molecule has 0 unspecified atom stereocenters. The molecule has 82 heavy (non-hydrogen) atoms. The third-order valence-electron chi connectivity index (χ3n) is 13.9. The summed E-state index contributed by atoms with van der Waals surface area (Å²) < 4.78 is 25.3. The third kappa shape index (κ3) is 20.5. The SMILES string of the molecule is CCCCc1c(C#Cc2cc(C#Cc3sc(OC(C)=S)c(CCCC)c3CCCC)c(C#Cc3sc(OC(C)=S)c(CCCC)c3CCCC)cc2C#Cc2sc(OC(C)=S)c(CCCC)c2CCCC)sc(OC(C)=S)c1CCCC. The minimum Gasteiger partial charge on any atom is -0.440 e. The van der Waals surface area contributed by atoms with Gasteiger partial charge in [-0.15, -0.1) is 0 Å². The molecule has 1 aromatic carbocycles. The van der Waals surface area contributed by atoms with Gasteiger partial charge in [0.05, 0.1) is 19.5 Å². The Morgan fingerprint density at radius 2 is 0.463 bits per heavy atom. The average molecular weight is 1250 g/mol. The summed E-state index contributed by atoms with van der Waals surface area (Å²) in [6.45, 7) is 25.3. The maximum Gasteiger partial charge on any atom is 0.186 e. The van der Waals surface area contributed by atoms with E-state index in [0.29, 0.717) is 20.2 Å². The van der Waals surface area contributed by atoms with E-state index in [-0.39, 0.29) is 0 Å². The molecule has 12 heteroatoms. The van der Waals surface area contributed by atoms with Crippen LogP contribution in [0.4, 0.5) is 0 Å². The van der Waals surface area contributed by atoms with Crippen LogP contribution in [0.15, 0.2) is 12.1 Å². The standard InChI is InChI=1S/C70H86O4S8/c1-13-21-29-55-59(33-25-17-5)67(71-47(9)75)79-63(55)41-37-51-45-53(39-43-65-57(31-23-15-3)61(35-27-19-7)69(81-65)73-49(11)77)54(40-44-66-58(32-24-16-4)62(36-28-20-8)70(82-66)74-50(12)78)46-52(51)38-42-64-56(30-22-14-2)60(34-26-18-6)68(80-64)72-48(10)76/h45-46H,13-36H2,1-12H3. The molecule has 0 radical (unpaired) electrons. The maximum atomic E-state index is 6.32. The molecule has 0 saturated carbocycles. The highest BCUT2D eigenvalue weighted by Crippen LogP contribution is 2.42. The first kappa shape index (κ1) is 68.6. The molecule has 5 rings (SSSR count). The molecule has 438 valence electrons. The zero-order chi connectivity index (χ0) is 59.6. The van der Waals surface area contributed by atoms with Crippen LogP contribution in [0.25, 0.3) is 0 Å². The van der Waals surface area contributed by atoms with Gasteiger partial charge in [0.2, 0.25) is 0 Å². The van der Waals surface area contributed by atoms with Crippen molar-refractivity contribution in [2.75, 3.05) is 0 Å². The Hall–Kier alpha value is -4.18. The summed E-state index contributed by atoms with van der Waals surface area (Å²) in [5.41, 5.74) is 13.1. The van der Waals surface area contributed by atoms with Crippen LogP contribution in [0.2, 0.25) is 0 Å². The molecular weight excluding hydrogens is 1160 g/mol. The molecule has 4 heterocycles. The maximum absolute atomic E-state index is 6.32. The number of hydrogen-bond acceptors (Lipinski definition) is 12. The quantitative estimate of drug-likeness (QED) is 0.0362. The van der Waals surface area contributed by atoms with Gasteiger partial charge in [-0.1, -0.05) is 199 Å². The number of ether oxygens (including phenoxy) is 4. The highest BCUT2D eigenvalue weighted by Gasteiger charge is 2.23. The molecule has 0 bridgehead atoms. The molecule has 0 saturated heterocycles. The predicted molar refractivity (Wildman–Crippen MR) is 372 cm³/mol. The van der Waals surface area contributed by atoms with Crippen molar-refractivity contribution in [2.45, 2.75) is 237 Å². The number of thiocarbonyl (C=S) groups is 4. The van der Waals surface area contributed by atoms with Crippen molar-refractivity contribution in [3.63, 3.8) is 0 Å². The number of hydrogen-bond donors (Lipinski definition) is 0. The second-order valence-electron chi connectivity index (χ2n) is 20.8. The van der Waals surface area contributed by atoms with Gasteiger partial charge < -0.3 is 18.9 Å². The van der Waals surface area contributed by atoms with E-state index in [9.17, 15) is 0 Å². The van der Waals surface area contributed by atoms with Crippen LogP contribution in [0.3, 0.4) is 0 Å². The fourth-order valence-corrected chi connectivity index (χ4v) is 14.7. The Balaban J connectivity index is 1.97. The number of unbranched alkanes of at least 4 members (excludes halogenated alkanes) is 8. The Morgan fingerprint density at radius 3 is 0.622 bits per heavy atom. The normalized spacial score (nSPS) is 10.7. The lowest BCUT2D eigenvalue weighted by atomic mass is 9.96. The zero-order valence-corrected chi connectivity index (χ0v) is 57.6. The molecule has 4 aromatic heterocycles. The highest BCUT2D eigenvalue weighted by molar-refractivity contribution is 7.80. The molecule has 0 aliphatic carbocycles. The molecule has 0 fully saturated rings. The van der Waals surface area contributed by atoms with E-state index in [1.54, 1.807) is 45.3 Å². The largest absolute Gasteiger partial charge is 0.440 e. The van der Waals surface area contributed by atoms with Crippen LogP contribution >= 0.6 is 94.2 Å². The summed E-state index contributed by atoms with van der Waals surface area (Å²) in [5, 5.41) is 5.44. The van der Waals surface area contributed by atoms with Gasteiger partial charge >= 0.3 is 0 Å². The fourth-order valence-electron chi connectivity index (χ4n) is 9.57. The minimum atomic E-state index is 0.504. The van der Waals surface area contributed by atoms with E-state index in [1.165, 1.54) is 44.5 Å². The van der Waals surface area contributed by atoms with Crippen molar-refractivity contribution in [1.82, 2.24) is 0 Å². The van der Waals surface area contributed by atoms with Crippen LogP contribution in [0.1, 0.15) is 272 Å². The number of thiophene rings is 4. The van der Waals surface area contributed by atoms with Crippen molar-refractivity contribution < 1.29 is 18.9 Å². The van der Waals surface area contributed by atoms with Crippen molar-refractivity contribution >= 4 is 114 Å². The smallest absolute Gasteiger partial charge is 0.186 e. The zero-order valence-electron chi connectivity index (χ0n) is 51.0. The summed E-state index contributed by atoms with van der Waals surface area (Å²) in [5.74, 6) is 29.8. The number of rotatable bonds is 28. The van der Waals surface area contributed by atoms with E-state index in [0.717, 1.165) is 216 Å². The van der Waals surface area contributed by atoms with Gasteiger partial charge in [0.25, 0.3) is 0 Å². The van der Waals surface area contributed by atoms with Gasteiger partial charge in [0.1, 0.15) is 0 Å². The topological polar surface area (TPSA) is 36.9 Å². The van der Waals surface area contributed by atoms with Gasteiger partial charge in [0, 0.05) is 72.2 Å². The Kier molecular flexibility index (Phi) is 30.6. The summed E-state index contributed by atoms with van der Waals surface area (Å²) in [6.07, 6.45) is 24.2. The van der Waals surface area contributed by atoms with E-state index >= 15 is 0 Å². The van der Waals surface area contributed by atoms with Crippen molar-refractivity contribution in [3.05, 3.63) is 98.4 Å². The molecule has 0 aliphatic rings. The van der Waals surface area contributed by atoms with E-state index in [1.807, 2.05) is 27.7 Å². The Bertz CT molecular complexity index is 2820. The Labute approximate surface area is 532 Å². The highest BCUT2D eigenvalue weighted by atomic mass is 32.1.